The second-order valence-corrected chi connectivity index (χ2v) is 10.5. The Kier molecular flexibility index (Phi) is 7.14. The molecule has 2 aromatic carbocycles. The van der Waals surface area contributed by atoms with Crippen LogP contribution in [-0.2, 0) is 7.05 Å². The fourth-order valence-electron chi connectivity index (χ4n) is 4.79. The zero-order chi connectivity index (χ0) is 27.8. The highest BCUT2D eigenvalue weighted by molar-refractivity contribution is 5.86. The molecule has 5 rings (SSSR count). The lowest BCUT2D eigenvalue weighted by atomic mass is 10.0. The highest BCUT2D eigenvalue weighted by Gasteiger charge is 2.37. The Hall–Kier alpha value is -4.18. The van der Waals surface area contributed by atoms with Crippen molar-refractivity contribution < 1.29 is 19.0 Å². The number of fused-ring (bicyclic) bond motifs is 1. The Labute approximate surface area is 226 Å². The molecule has 0 saturated carbocycles. The summed E-state index contributed by atoms with van der Waals surface area (Å²) in [5, 5.41) is 13.2. The summed E-state index contributed by atoms with van der Waals surface area (Å²) < 4.78 is 22.2. The maximum atomic E-state index is 14.1. The van der Waals surface area contributed by atoms with Crippen molar-refractivity contribution >= 4 is 34.6 Å². The Balaban J connectivity index is 1.35. The Morgan fingerprint density at radius 2 is 1.85 bits per heavy atom. The van der Waals surface area contributed by atoms with Crippen molar-refractivity contribution in [2.24, 2.45) is 7.05 Å². The lowest BCUT2D eigenvalue weighted by Crippen LogP contribution is -2.62. The third-order valence-corrected chi connectivity index (χ3v) is 7.12. The number of halogens is 1. The Bertz CT molecular complexity index is 1510. The summed E-state index contributed by atoms with van der Waals surface area (Å²) in [5.41, 5.74) is 3.00. The second-order valence-electron chi connectivity index (χ2n) is 10.5. The minimum Gasteiger partial charge on any atom is -0.465 e. The number of hydrogen-bond donors (Lipinski definition) is 2. The van der Waals surface area contributed by atoms with Gasteiger partial charge in [0.25, 0.3) is 0 Å². The van der Waals surface area contributed by atoms with E-state index in [4.69, 9.17) is 9.72 Å². The molecule has 0 atom stereocenters. The first-order chi connectivity index (χ1) is 18.6. The maximum Gasteiger partial charge on any atom is 0.413 e. The van der Waals surface area contributed by atoms with E-state index in [2.05, 4.69) is 29.0 Å². The van der Waals surface area contributed by atoms with Gasteiger partial charge in [0, 0.05) is 50.2 Å². The summed E-state index contributed by atoms with van der Waals surface area (Å²) in [5.74, 6) is 1.82. The number of rotatable bonds is 8. The van der Waals surface area contributed by atoms with Crippen LogP contribution >= 0.6 is 0 Å². The Morgan fingerprint density at radius 1 is 1.10 bits per heavy atom. The molecule has 1 fully saturated rings. The highest BCUT2D eigenvalue weighted by atomic mass is 19.1. The molecule has 9 nitrogen and oxygen atoms in total. The Morgan fingerprint density at radius 3 is 2.54 bits per heavy atom. The largest absolute Gasteiger partial charge is 0.465 e. The van der Waals surface area contributed by atoms with E-state index in [1.165, 1.54) is 11.0 Å². The lowest BCUT2D eigenvalue weighted by Gasteiger charge is -2.45. The van der Waals surface area contributed by atoms with Crippen LogP contribution in [0.1, 0.15) is 39.2 Å². The number of likely N-dealkylation sites (tertiary alicyclic amines) is 1. The van der Waals surface area contributed by atoms with Crippen LogP contribution < -0.4 is 15.0 Å². The first-order valence-corrected chi connectivity index (χ1v) is 13.0. The van der Waals surface area contributed by atoms with Crippen molar-refractivity contribution in [2.75, 3.05) is 23.3 Å². The van der Waals surface area contributed by atoms with Gasteiger partial charge in [-0.25, -0.2) is 19.2 Å². The third-order valence-electron chi connectivity index (χ3n) is 7.12. The first-order valence-electron chi connectivity index (χ1n) is 13.0. The number of nitrogens with zero attached hydrogens (tertiary/aromatic N) is 5. The molecule has 0 aliphatic carbocycles. The number of amides is 1. The van der Waals surface area contributed by atoms with Crippen LogP contribution in [0.5, 0.6) is 11.5 Å². The van der Waals surface area contributed by atoms with Gasteiger partial charge < -0.3 is 19.7 Å². The van der Waals surface area contributed by atoms with Crippen molar-refractivity contribution in [1.29, 1.82) is 0 Å². The molecule has 0 unspecified atom stereocenters. The monoisotopic (exact) mass is 532 g/mol. The SMILES string of the molecule is CC(C)c1cc(Nc2nc3cc(Oc4ccnc(N(C(=O)O)C5CN(C(C)C)C5)c4)ccc3n2C)ccc1F. The van der Waals surface area contributed by atoms with Gasteiger partial charge >= 0.3 is 6.09 Å². The molecule has 2 N–H and O–H groups in total. The standard InChI is InChI=1S/C29H33FN6O3/c1-17(2)23-12-19(6-8-24(23)30)32-28-33-25-13-21(7-9-26(25)34(28)5)39-22-10-11-31-27(14-22)36(29(37)38)20-15-35(16-20)18(3)4/h6-14,17-18,20H,15-16H2,1-5H3,(H,32,33)(H,37,38). The van der Waals surface area contributed by atoms with Gasteiger partial charge in [0.15, 0.2) is 0 Å². The predicted octanol–water partition coefficient (Wildman–Crippen LogP) is 6.34. The summed E-state index contributed by atoms with van der Waals surface area (Å²) in [6, 6.07) is 14.1. The number of carbonyl (C=O) groups is 1. The van der Waals surface area contributed by atoms with Gasteiger partial charge in [-0.15, -0.1) is 0 Å². The molecule has 3 heterocycles. The van der Waals surface area contributed by atoms with E-state index in [1.807, 2.05) is 43.7 Å². The first kappa shape index (κ1) is 26.4. The number of aryl methyl sites for hydroxylation is 1. The molecule has 0 spiro atoms. The van der Waals surface area contributed by atoms with Crippen molar-refractivity contribution in [3.63, 3.8) is 0 Å². The van der Waals surface area contributed by atoms with Gasteiger partial charge in [-0.05, 0) is 61.7 Å². The molecule has 204 valence electrons. The van der Waals surface area contributed by atoms with E-state index in [1.54, 1.807) is 30.5 Å². The molecule has 0 radical (unpaired) electrons. The number of ether oxygens (including phenoxy) is 1. The molecule has 1 amide bonds. The fourth-order valence-corrected chi connectivity index (χ4v) is 4.79. The minimum atomic E-state index is -1.04. The van der Waals surface area contributed by atoms with E-state index in [9.17, 15) is 14.3 Å². The highest BCUT2D eigenvalue weighted by Crippen LogP contribution is 2.31. The number of carboxylic acid groups (broad SMARTS) is 1. The van der Waals surface area contributed by atoms with Gasteiger partial charge in [-0.3, -0.25) is 9.80 Å². The summed E-state index contributed by atoms with van der Waals surface area (Å²) in [7, 11) is 1.90. The van der Waals surface area contributed by atoms with Gasteiger partial charge in [0.1, 0.15) is 23.1 Å². The molecule has 39 heavy (non-hydrogen) atoms. The summed E-state index contributed by atoms with van der Waals surface area (Å²) in [6.45, 7) is 9.43. The zero-order valence-corrected chi connectivity index (χ0v) is 22.7. The number of anilines is 3. The fraction of sp³-hybridized carbons (Fsp3) is 0.345. The van der Waals surface area contributed by atoms with Crippen LogP contribution in [0.2, 0.25) is 0 Å². The molecule has 2 aromatic heterocycles. The van der Waals surface area contributed by atoms with Crippen LogP contribution in [0, 0.1) is 5.82 Å². The van der Waals surface area contributed by atoms with Gasteiger partial charge in [-0.1, -0.05) is 13.8 Å². The topological polar surface area (TPSA) is 95.8 Å². The average molecular weight is 533 g/mol. The number of pyridine rings is 1. The van der Waals surface area contributed by atoms with E-state index in [0.717, 1.165) is 11.2 Å². The summed E-state index contributed by atoms with van der Waals surface area (Å²) in [6.07, 6.45) is 0.513. The quantitative estimate of drug-likeness (QED) is 0.273. The van der Waals surface area contributed by atoms with Crippen LogP contribution in [0.4, 0.5) is 26.6 Å². The van der Waals surface area contributed by atoms with Crippen LogP contribution in [0.3, 0.4) is 0 Å². The molecule has 0 bridgehead atoms. The summed E-state index contributed by atoms with van der Waals surface area (Å²) in [4.78, 5) is 24.6. The van der Waals surface area contributed by atoms with Crippen molar-refractivity contribution in [1.82, 2.24) is 19.4 Å². The van der Waals surface area contributed by atoms with E-state index in [-0.39, 0.29) is 17.8 Å². The molecule has 10 heteroatoms. The maximum absolute atomic E-state index is 14.1. The normalized spacial score (nSPS) is 14.2. The molecular formula is C29H33FN6O3. The summed E-state index contributed by atoms with van der Waals surface area (Å²) >= 11 is 0. The minimum absolute atomic E-state index is 0.0617. The van der Waals surface area contributed by atoms with Crippen LogP contribution in [-0.4, -0.2) is 55.8 Å². The van der Waals surface area contributed by atoms with Gasteiger partial charge in [-0.2, -0.15) is 0 Å². The van der Waals surface area contributed by atoms with E-state index >= 15 is 0 Å². The zero-order valence-electron chi connectivity index (χ0n) is 22.7. The predicted molar refractivity (Wildman–Crippen MR) is 150 cm³/mol. The van der Waals surface area contributed by atoms with Gasteiger partial charge in [0.05, 0.1) is 17.1 Å². The number of hydrogen-bond acceptors (Lipinski definition) is 6. The van der Waals surface area contributed by atoms with Gasteiger partial charge in [0.2, 0.25) is 5.95 Å². The number of benzene rings is 2. The van der Waals surface area contributed by atoms with Crippen molar-refractivity contribution in [3.05, 3.63) is 66.1 Å². The molecule has 1 saturated heterocycles. The molecule has 4 aromatic rings. The van der Waals surface area contributed by atoms with Crippen LogP contribution in [0.25, 0.3) is 11.0 Å². The number of aromatic nitrogens is 3. The van der Waals surface area contributed by atoms with Crippen molar-refractivity contribution in [3.8, 4) is 11.5 Å². The molecule has 1 aliphatic heterocycles. The second kappa shape index (κ2) is 10.5. The van der Waals surface area contributed by atoms with Crippen LogP contribution in [0.15, 0.2) is 54.7 Å². The molecule has 1 aliphatic rings. The average Bonchev–Trinajstić information content (AvgIpc) is 3.15. The third kappa shape index (κ3) is 5.37. The van der Waals surface area contributed by atoms with E-state index < -0.39 is 6.09 Å². The number of imidazole rings is 1. The lowest BCUT2D eigenvalue weighted by molar-refractivity contribution is 0.103. The van der Waals surface area contributed by atoms with Crippen molar-refractivity contribution in [2.45, 2.75) is 45.7 Å². The smallest absolute Gasteiger partial charge is 0.413 e. The van der Waals surface area contributed by atoms with E-state index in [0.29, 0.717) is 53.5 Å². The number of nitrogens with one attached hydrogen (secondary N) is 1. The molecular weight excluding hydrogens is 499 g/mol.